The molecular weight excluding hydrogens is 200 g/mol. The normalized spacial score (nSPS) is 10.3. The second-order valence-corrected chi connectivity index (χ2v) is 3.52. The van der Waals surface area contributed by atoms with Crippen LogP contribution in [0.3, 0.4) is 0 Å². The molecule has 0 radical (unpaired) electrons. The van der Waals surface area contributed by atoms with Crippen LogP contribution in [-0.2, 0) is 0 Å². The SMILES string of the molecule is CCNc1cc(C(=N)N)c2ccccc2n1. The van der Waals surface area contributed by atoms with Gasteiger partial charge in [0.05, 0.1) is 5.52 Å². The summed E-state index contributed by atoms with van der Waals surface area (Å²) in [7, 11) is 0. The number of aromatic nitrogens is 1. The molecule has 0 unspecified atom stereocenters. The molecule has 4 heteroatoms. The number of para-hydroxylation sites is 1. The van der Waals surface area contributed by atoms with Crippen LogP contribution in [-0.4, -0.2) is 17.4 Å². The Balaban J connectivity index is 2.68. The van der Waals surface area contributed by atoms with Crippen molar-refractivity contribution in [3.05, 3.63) is 35.9 Å². The summed E-state index contributed by atoms with van der Waals surface area (Å²) >= 11 is 0. The van der Waals surface area contributed by atoms with Crippen molar-refractivity contribution >= 4 is 22.6 Å². The molecule has 2 aromatic rings. The molecule has 82 valence electrons. The number of amidine groups is 1. The lowest BCUT2D eigenvalue weighted by Gasteiger charge is -2.08. The zero-order valence-electron chi connectivity index (χ0n) is 9.12. The number of hydrogen-bond acceptors (Lipinski definition) is 3. The van der Waals surface area contributed by atoms with Crippen LogP contribution in [0.1, 0.15) is 12.5 Å². The Morgan fingerprint density at radius 3 is 2.88 bits per heavy atom. The third kappa shape index (κ3) is 1.82. The number of nitrogen functional groups attached to an aromatic ring is 1. The van der Waals surface area contributed by atoms with Crippen molar-refractivity contribution in [3.63, 3.8) is 0 Å². The summed E-state index contributed by atoms with van der Waals surface area (Å²) in [4.78, 5) is 4.44. The molecule has 0 saturated heterocycles. The molecule has 1 heterocycles. The number of nitrogens with zero attached hydrogens (tertiary/aromatic N) is 1. The van der Waals surface area contributed by atoms with Crippen molar-refractivity contribution in [1.29, 1.82) is 5.41 Å². The van der Waals surface area contributed by atoms with E-state index in [1.165, 1.54) is 0 Å². The third-order valence-corrected chi connectivity index (χ3v) is 2.36. The van der Waals surface area contributed by atoms with Gasteiger partial charge in [0, 0.05) is 17.5 Å². The standard InChI is InChI=1S/C12H14N4/c1-2-15-11-7-9(12(13)14)8-5-3-4-6-10(8)16-11/h3-7H,2H2,1H3,(H3,13,14)(H,15,16). The quantitative estimate of drug-likeness (QED) is 0.540. The Morgan fingerprint density at radius 1 is 1.44 bits per heavy atom. The van der Waals surface area contributed by atoms with Crippen LogP contribution in [0.5, 0.6) is 0 Å². The summed E-state index contributed by atoms with van der Waals surface area (Å²) < 4.78 is 0. The molecular formula is C12H14N4. The summed E-state index contributed by atoms with van der Waals surface area (Å²) in [6.07, 6.45) is 0. The van der Waals surface area contributed by atoms with Crippen molar-refractivity contribution in [2.45, 2.75) is 6.92 Å². The first-order chi connectivity index (χ1) is 7.72. The van der Waals surface area contributed by atoms with Crippen LogP contribution < -0.4 is 11.1 Å². The van der Waals surface area contributed by atoms with Gasteiger partial charge in [0.25, 0.3) is 0 Å². The fraction of sp³-hybridized carbons (Fsp3) is 0.167. The Hall–Kier alpha value is -2.10. The van der Waals surface area contributed by atoms with Crippen LogP contribution in [0.25, 0.3) is 10.9 Å². The van der Waals surface area contributed by atoms with Crippen LogP contribution in [0.15, 0.2) is 30.3 Å². The molecule has 1 aromatic heterocycles. The lowest BCUT2D eigenvalue weighted by Crippen LogP contribution is -2.13. The molecule has 0 aliphatic rings. The fourth-order valence-electron chi connectivity index (χ4n) is 1.67. The minimum atomic E-state index is 0.0674. The third-order valence-electron chi connectivity index (χ3n) is 2.36. The number of nitrogens with two attached hydrogens (primary N) is 1. The Labute approximate surface area is 94.0 Å². The highest BCUT2D eigenvalue weighted by Crippen LogP contribution is 2.20. The van der Waals surface area contributed by atoms with E-state index in [0.29, 0.717) is 0 Å². The maximum atomic E-state index is 7.57. The van der Waals surface area contributed by atoms with E-state index in [1.54, 1.807) is 0 Å². The molecule has 16 heavy (non-hydrogen) atoms. The molecule has 0 spiro atoms. The predicted molar refractivity (Wildman–Crippen MR) is 66.9 cm³/mol. The van der Waals surface area contributed by atoms with E-state index in [-0.39, 0.29) is 5.84 Å². The van der Waals surface area contributed by atoms with Crippen molar-refractivity contribution in [2.75, 3.05) is 11.9 Å². The van der Waals surface area contributed by atoms with Gasteiger partial charge in [-0.15, -0.1) is 0 Å². The van der Waals surface area contributed by atoms with Crippen LogP contribution in [0.2, 0.25) is 0 Å². The van der Waals surface area contributed by atoms with Crippen molar-refractivity contribution in [2.24, 2.45) is 5.73 Å². The van der Waals surface area contributed by atoms with Crippen LogP contribution in [0, 0.1) is 5.41 Å². The molecule has 2 rings (SSSR count). The zero-order valence-corrected chi connectivity index (χ0v) is 9.12. The van der Waals surface area contributed by atoms with Gasteiger partial charge in [0.2, 0.25) is 0 Å². The lowest BCUT2D eigenvalue weighted by molar-refractivity contribution is 1.17. The second kappa shape index (κ2) is 4.18. The molecule has 0 amide bonds. The maximum Gasteiger partial charge on any atom is 0.127 e. The number of pyridine rings is 1. The summed E-state index contributed by atoms with van der Waals surface area (Å²) in [5.41, 5.74) is 7.15. The second-order valence-electron chi connectivity index (χ2n) is 3.52. The average molecular weight is 214 g/mol. The van der Waals surface area contributed by atoms with Crippen LogP contribution in [0.4, 0.5) is 5.82 Å². The van der Waals surface area contributed by atoms with E-state index in [4.69, 9.17) is 11.1 Å². The summed E-state index contributed by atoms with van der Waals surface area (Å²) in [6.45, 7) is 2.80. The Bertz CT molecular complexity index is 534. The smallest absolute Gasteiger partial charge is 0.127 e. The molecule has 4 nitrogen and oxygen atoms in total. The van der Waals surface area contributed by atoms with E-state index in [1.807, 2.05) is 37.3 Å². The number of nitrogens with one attached hydrogen (secondary N) is 2. The highest BCUT2D eigenvalue weighted by Gasteiger charge is 2.06. The molecule has 4 N–H and O–H groups in total. The first-order valence-electron chi connectivity index (χ1n) is 5.20. The van der Waals surface area contributed by atoms with Gasteiger partial charge in [-0.3, -0.25) is 5.41 Å². The average Bonchev–Trinajstić information content (AvgIpc) is 2.28. The summed E-state index contributed by atoms with van der Waals surface area (Å²) in [6, 6.07) is 9.50. The van der Waals surface area contributed by atoms with Gasteiger partial charge in [-0.05, 0) is 19.1 Å². The van der Waals surface area contributed by atoms with Gasteiger partial charge in [0.1, 0.15) is 11.7 Å². The van der Waals surface area contributed by atoms with Crippen LogP contribution >= 0.6 is 0 Å². The number of benzene rings is 1. The molecule has 0 aliphatic heterocycles. The maximum absolute atomic E-state index is 7.57. The number of hydrogen-bond donors (Lipinski definition) is 3. The molecule has 0 aliphatic carbocycles. The minimum Gasteiger partial charge on any atom is -0.384 e. The minimum absolute atomic E-state index is 0.0674. The Morgan fingerprint density at radius 2 is 2.19 bits per heavy atom. The molecule has 0 fully saturated rings. The summed E-state index contributed by atoms with van der Waals surface area (Å²) in [5, 5.41) is 11.6. The molecule has 0 atom stereocenters. The highest BCUT2D eigenvalue weighted by atomic mass is 15.0. The van der Waals surface area contributed by atoms with Crippen molar-refractivity contribution in [1.82, 2.24) is 4.98 Å². The number of fused-ring (bicyclic) bond motifs is 1. The number of anilines is 1. The van der Waals surface area contributed by atoms with Crippen molar-refractivity contribution < 1.29 is 0 Å². The van der Waals surface area contributed by atoms with Gasteiger partial charge in [-0.2, -0.15) is 0 Å². The van der Waals surface area contributed by atoms with E-state index in [9.17, 15) is 0 Å². The van der Waals surface area contributed by atoms with Gasteiger partial charge in [-0.25, -0.2) is 4.98 Å². The first kappa shape index (κ1) is 10.4. The van der Waals surface area contributed by atoms with E-state index in [2.05, 4.69) is 10.3 Å². The van der Waals surface area contributed by atoms with Gasteiger partial charge in [-0.1, -0.05) is 18.2 Å². The van der Waals surface area contributed by atoms with E-state index >= 15 is 0 Å². The fourth-order valence-corrected chi connectivity index (χ4v) is 1.67. The van der Waals surface area contributed by atoms with Gasteiger partial charge in [0.15, 0.2) is 0 Å². The highest BCUT2D eigenvalue weighted by molar-refractivity contribution is 6.07. The van der Waals surface area contributed by atoms with Gasteiger partial charge >= 0.3 is 0 Å². The monoisotopic (exact) mass is 214 g/mol. The Kier molecular flexibility index (Phi) is 2.72. The van der Waals surface area contributed by atoms with E-state index in [0.717, 1.165) is 28.8 Å². The van der Waals surface area contributed by atoms with E-state index < -0.39 is 0 Å². The first-order valence-corrected chi connectivity index (χ1v) is 5.20. The lowest BCUT2D eigenvalue weighted by atomic mass is 10.1. The summed E-state index contributed by atoms with van der Waals surface area (Å²) in [5.74, 6) is 0.823. The largest absolute Gasteiger partial charge is 0.384 e. The van der Waals surface area contributed by atoms with Gasteiger partial charge < -0.3 is 11.1 Å². The number of rotatable bonds is 3. The molecule has 0 bridgehead atoms. The molecule has 1 aromatic carbocycles. The molecule has 0 saturated carbocycles. The van der Waals surface area contributed by atoms with Crippen molar-refractivity contribution in [3.8, 4) is 0 Å². The predicted octanol–water partition coefficient (Wildman–Crippen LogP) is 1.95. The zero-order chi connectivity index (χ0) is 11.5. The topological polar surface area (TPSA) is 74.8 Å².